The standard InChI is InChI=1S/C20H28N4O2/c1-4-5-6-11-22-20-23-15(2)13-18(24-20)19(25)21-12-10-16-8-7-9-17(14-16)26-3/h7-9,13-14H,4-6,10-12H2,1-3H3,(H,21,25)(H,22,23,24). The van der Waals surface area contributed by atoms with Crippen LogP contribution in [0.5, 0.6) is 5.75 Å². The average molecular weight is 356 g/mol. The second kappa shape index (κ2) is 10.4. The Morgan fingerprint density at radius 3 is 2.77 bits per heavy atom. The molecule has 0 fully saturated rings. The van der Waals surface area contributed by atoms with Gasteiger partial charge < -0.3 is 15.4 Å². The number of hydrogen-bond acceptors (Lipinski definition) is 5. The first-order valence-electron chi connectivity index (χ1n) is 9.13. The van der Waals surface area contributed by atoms with Gasteiger partial charge in [0.25, 0.3) is 5.91 Å². The van der Waals surface area contributed by atoms with Crippen molar-refractivity contribution in [3.63, 3.8) is 0 Å². The number of aromatic nitrogens is 2. The summed E-state index contributed by atoms with van der Waals surface area (Å²) in [7, 11) is 1.65. The summed E-state index contributed by atoms with van der Waals surface area (Å²) in [5.74, 6) is 1.15. The number of nitrogens with one attached hydrogen (secondary N) is 2. The zero-order valence-corrected chi connectivity index (χ0v) is 15.8. The monoisotopic (exact) mass is 356 g/mol. The highest BCUT2D eigenvalue weighted by atomic mass is 16.5. The molecular weight excluding hydrogens is 328 g/mol. The molecule has 140 valence electrons. The molecule has 0 aliphatic rings. The van der Waals surface area contributed by atoms with Crippen molar-refractivity contribution in [2.75, 3.05) is 25.5 Å². The number of aryl methyl sites for hydroxylation is 1. The van der Waals surface area contributed by atoms with Gasteiger partial charge in [0.05, 0.1) is 7.11 Å². The lowest BCUT2D eigenvalue weighted by atomic mass is 10.1. The van der Waals surface area contributed by atoms with E-state index in [-0.39, 0.29) is 5.91 Å². The summed E-state index contributed by atoms with van der Waals surface area (Å²) in [6, 6.07) is 9.54. The van der Waals surface area contributed by atoms with Gasteiger partial charge in [0.1, 0.15) is 11.4 Å². The van der Waals surface area contributed by atoms with E-state index < -0.39 is 0 Å². The molecule has 0 atom stereocenters. The number of carbonyl (C=O) groups excluding carboxylic acids is 1. The van der Waals surface area contributed by atoms with Crippen LogP contribution in [0, 0.1) is 6.92 Å². The van der Waals surface area contributed by atoms with Crippen molar-refractivity contribution in [1.82, 2.24) is 15.3 Å². The van der Waals surface area contributed by atoms with Crippen LogP contribution < -0.4 is 15.4 Å². The Kier molecular flexibility index (Phi) is 7.86. The van der Waals surface area contributed by atoms with Gasteiger partial charge in [-0.25, -0.2) is 9.97 Å². The number of benzene rings is 1. The van der Waals surface area contributed by atoms with E-state index in [1.54, 1.807) is 13.2 Å². The molecule has 1 amide bonds. The molecule has 1 aromatic heterocycles. The van der Waals surface area contributed by atoms with E-state index in [4.69, 9.17) is 4.74 Å². The van der Waals surface area contributed by atoms with Crippen LogP contribution in [-0.4, -0.2) is 36.1 Å². The van der Waals surface area contributed by atoms with Crippen molar-refractivity contribution < 1.29 is 9.53 Å². The third-order valence-corrected chi connectivity index (χ3v) is 3.98. The Labute approximate surface area is 155 Å². The summed E-state index contributed by atoms with van der Waals surface area (Å²) < 4.78 is 5.21. The van der Waals surface area contributed by atoms with E-state index in [2.05, 4.69) is 27.5 Å². The van der Waals surface area contributed by atoms with Gasteiger partial charge in [-0.3, -0.25) is 4.79 Å². The van der Waals surface area contributed by atoms with E-state index in [1.165, 1.54) is 0 Å². The molecule has 0 spiro atoms. The number of nitrogens with zero attached hydrogens (tertiary/aromatic N) is 2. The molecule has 2 rings (SSSR count). The van der Waals surface area contributed by atoms with E-state index >= 15 is 0 Å². The van der Waals surface area contributed by atoms with Gasteiger partial charge in [-0.15, -0.1) is 0 Å². The number of amides is 1. The number of rotatable bonds is 10. The van der Waals surface area contributed by atoms with Gasteiger partial charge in [0, 0.05) is 18.8 Å². The topological polar surface area (TPSA) is 76.1 Å². The van der Waals surface area contributed by atoms with Crippen molar-refractivity contribution in [3.05, 3.63) is 47.3 Å². The summed E-state index contributed by atoms with van der Waals surface area (Å²) >= 11 is 0. The number of hydrogen-bond donors (Lipinski definition) is 2. The van der Waals surface area contributed by atoms with Crippen molar-refractivity contribution in [2.24, 2.45) is 0 Å². The molecule has 0 unspecified atom stereocenters. The van der Waals surface area contributed by atoms with E-state index in [0.717, 1.165) is 49.2 Å². The summed E-state index contributed by atoms with van der Waals surface area (Å²) in [5.41, 5.74) is 2.28. The van der Waals surface area contributed by atoms with Crippen molar-refractivity contribution in [1.29, 1.82) is 0 Å². The molecule has 6 heteroatoms. The molecule has 0 saturated carbocycles. The van der Waals surface area contributed by atoms with Gasteiger partial charge in [0.15, 0.2) is 0 Å². The highest BCUT2D eigenvalue weighted by molar-refractivity contribution is 5.92. The Balaban J connectivity index is 1.88. The average Bonchev–Trinajstić information content (AvgIpc) is 2.65. The summed E-state index contributed by atoms with van der Waals surface area (Å²) in [4.78, 5) is 21.1. The second-order valence-electron chi connectivity index (χ2n) is 6.21. The molecular formula is C20H28N4O2. The predicted octanol–water partition coefficient (Wildman–Crippen LogP) is 3.37. The molecule has 2 N–H and O–H groups in total. The highest BCUT2D eigenvalue weighted by Crippen LogP contribution is 2.12. The fourth-order valence-electron chi connectivity index (χ4n) is 2.58. The highest BCUT2D eigenvalue weighted by Gasteiger charge is 2.10. The Morgan fingerprint density at radius 2 is 2.00 bits per heavy atom. The first kappa shape index (κ1) is 19.7. The lowest BCUT2D eigenvalue weighted by Gasteiger charge is -2.09. The van der Waals surface area contributed by atoms with Crippen LogP contribution in [0.1, 0.15) is 47.9 Å². The minimum absolute atomic E-state index is 0.185. The maximum Gasteiger partial charge on any atom is 0.270 e. The van der Waals surface area contributed by atoms with Gasteiger partial charge in [-0.1, -0.05) is 31.9 Å². The van der Waals surface area contributed by atoms with E-state index in [0.29, 0.717) is 18.2 Å². The zero-order chi connectivity index (χ0) is 18.8. The molecule has 2 aromatic rings. The van der Waals surface area contributed by atoms with E-state index in [9.17, 15) is 4.79 Å². The minimum Gasteiger partial charge on any atom is -0.497 e. The fraction of sp³-hybridized carbons (Fsp3) is 0.450. The van der Waals surface area contributed by atoms with Crippen LogP contribution in [-0.2, 0) is 6.42 Å². The number of methoxy groups -OCH3 is 1. The fourth-order valence-corrected chi connectivity index (χ4v) is 2.58. The molecule has 0 saturated heterocycles. The Morgan fingerprint density at radius 1 is 1.15 bits per heavy atom. The molecule has 0 bridgehead atoms. The molecule has 6 nitrogen and oxygen atoms in total. The maximum atomic E-state index is 12.4. The quantitative estimate of drug-likeness (QED) is 0.638. The van der Waals surface area contributed by atoms with Crippen LogP contribution >= 0.6 is 0 Å². The van der Waals surface area contributed by atoms with Crippen LogP contribution in [0.3, 0.4) is 0 Å². The zero-order valence-electron chi connectivity index (χ0n) is 15.8. The van der Waals surface area contributed by atoms with Crippen LogP contribution in [0.25, 0.3) is 0 Å². The van der Waals surface area contributed by atoms with Gasteiger partial charge in [-0.2, -0.15) is 0 Å². The van der Waals surface area contributed by atoms with E-state index in [1.807, 2.05) is 31.2 Å². The lowest BCUT2D eigenvalue weighted by molar-refractivity contribution is 0.0949. The van der Waals surface area contributed by atoms with Crippen LogP contribution in [0.2, 0.25) is 0 Å². The van der Waals surface area contributed by atoms with Crippen LogP contribution in [0.15, 0.2) is 30.3 Å². The van der Waals surface area contributed by atoms with Gasteiger partial charge in [-0.05, 0) is 43.5 Å². The first-order chi connectivity index (χ1) is 12.6. The minimum atomic E-state index is -0.185. The molecule has 1 heterocycles. The molecule has 26 heavy (non-hydrogen) atoms. The second-order valence-corrected chi connectivity index (χ2v) is 6.21. The summed E-state index contributed by atoms with van der Waals surface area (Å²) in [6.45, 7) is 5.38. The summed E-state index contributed by atoms with van der Waals surface area (Å²) in [6.07, 6.45) is 4.12. The third kappa shape index (κ3) is 6.35. The smallest absolute Gasteiger partial charge is 0.270 e. The predicted molar refractivity (Wildman–Crippen MR) is 104 cm³/mol. The number of carbonyl (C=O) groups is 1. The lowest BCUT2D eigenvalue weighted by Crippen LogP contribution is -2.27. The first-order valence-corrected chi connectivity index (χ1v) is 9.13. The van der Waals surface area contributed by atoms with Gasteiger partial charge >= 0.3 is 0 Å². The van der Waals surface area contributed by atoms with Crippen molar-refractivity contribution >= 4 is 11.9 Å². The maximum absolute atomic E-state index is 12.4. The number of unbranched alkanes of at least 4 members (excludes halogenated alkanes) is 2. The Hall–Kier alpha value is -2.63. The van der Waals surface area contributed by atoms with Gasteiger partial charge in [0.2, 0.25) is 5.95 Å². The van der Waals surface area contributed by atoms with Crippen molar-refractivity contribution in [3.8, 4) is 5.75 Å². The van der Waals surface area contributed by atoms with Crippen LogP contribution in [0.4, 0.5) is 5.95 Å². The van der Waals surface area contributed by atoms with Crippen molar-refractivity contribution in [2.45, 2.75) is 39.5 Å². The normalized spacial score (nSPS) is 10.4. The summed E-state index contributed by atoms with van der Waals surface area (Å²) in [5, 5.41) is 6.11. The molecule has 1 aromatic carbocycles. The Bertz CT molecular complexity index is 719. The molecule has 0 aliphatic heterocycles. The number of anilines is 1. The third-order valence-electron chi connectivity index (χ3n) is 3.98. The molecule has 0 radical (unpaired) electrons. The molecule has 0 aliphatic carbocycles. The number of ether oxygens (including phenoxy) is 1. The SMILES string of the molecule is CCCCCNc1nc(C)cc(C(=O)NCCc2cccc(OC)c2)n1. The largest absolute Gasteiger partial charge is 0.497 e.